The first-order valence-corrected chi connectivity index (χ1v) is 8.66. The minimum absolute atomic E-state index is 0.226. The highest BCUT2D eigenvalue weighted by Crippen LogP contribution is 2.20. The summed E-state index contributed by atoms with van der Waals surface area (Å²) in [6, 6.07) is 17.2. The molecule has 2 aromatic heterocycles. The van der Waals surface area contributed by atoms with Crippen molar-refractivity contribution in [2.24, 2.45) is 0 Å². The predicted molar refractivity (Wildman–Crippen MR) is 103 cm³/mol. The fraction of sp³-hybridized carbons (Fsp3) is 0.143. The number of aryl methyl sites for hydroxylation is 1. The molecular weight excluding hydrogens is 340 g/mol. The summed E-state index contributed by atoms with van der Waals surface area (Å²) in [4.78, 5) is 25.1. The molecule has 0 saturated heterocycles. The van der Waals surface area contributed by atoms with Crippen LogP contribution in [0.5, 0.6) is 0 Å². The van der Waals surface area contributed by atoms with E-state index in [-0.39, 0.29) is 23.5 Å². The van der Waals surface area contributed by atoms with Gasteiger partial charge in [0.15, 0.2) is 5.78 Å². The summed E-state index contributed by atoms with van der Waals surface area (Å²) in [7, 11) is 0. The lowest BCUT2D eigenvalue weighted by atomic mass is 10.0. The number of pyridine rings is 1. The van der Waals surface area contributed by atoms with E-state index in [1.165, 1.54) is 6.92 Å². The fourth-order valence-corrected chi connectivity index (χ4v) is 3.38. The standard InChI is InChI=1S/C21H18N4O2/c1-14-18-10-6-7-11-19(18)24(21(27)20(14)15(2)26)12-16-13-25(23-22-16)17-8-4-3-5-9-17/h3-11,13H,12H2,1-2H3. The van der Waals surface area contributed by atoms with Gasteiger partial charge in [0, 0.05) is 5.39 Å². The zero-order valence-electron chi connectivity index (χ0n) is 15.1. The van der Waals surface area contributed by atoms with Crippen LogP contribution in [0.25, 0.3) is 16.6 Å². The number of carbonyl (C=O) groups excluding carboxylic acids is 1. The molecule has 0 aliphatic carbocycles. The Morgan fingerprint density at radius 1 is 1.04 bits per heavy atom. The Hall–Kier alpha value is -3.54. The zero-order chi connectivity index (χ0) is 19.0. The Morgan fingerprint density at radius 3 is 2.48 bits per heavy atom. The highest BCUT2D eigenvalue weighted by atomic mass is 16.1. The van der Waals surface area contributed by atoms with Gasteiger partial charge in [-0.2, -0.15) is 0 Å². The molecule has 0 aliphatic rings. The molecule has 27 heavy (non-hydrogen) atoms. The number of hydrogen-bond donors (Lipinski definition) is 0. The van der Waals surface area contributed by atoms with Gasteiger partial charge >= 0.3 is 0 Å². The maximum absolute atomic E-state index is 13.0. The second-order valence-electron chi connectivity index (χ2n) is 6.45. The van der Waals surface area contributed by atoms with Crippen molar-refractivity contribution in [3.05, 3.63) is 88.0 Å². The van der Waals surface area contributed by atoms with E-state index in [4.69, 9.17) is 0 Å². The Bertz CT molecular complexity index is 1210. The van der Waals surface area contributed by atoms with Crippen molar-refractivity contribution >= 4 is 16.7 Å². The first kappa shape index (κ1) is 16.9. The first-order valence-electron chi connectivity index (χ1n) is 8.66. The van der Waals surface area contributed by atoms with Gasteiger partial charge in [-0.05, 0) is 37.6 Å². The maximum atomic E-state index is 13.0. The van der Waals surface area contributed by atoms with E-state index >= 15 is 0 Å². The molecule has 134 valence electrons. The predicted octanol–water partition coefficient (Wildman–Crippen LogP) is 3.14. The van der Waals surface area contributed by atoms with Crippen molar-refractivity contribution in [3.8, 4) is 5.69 Å². The Labute approximate surface area is 155 Å². The molecule has 6 heteroatoms. The molecule has 4 aromatic rings. The Kier molecular flexibility index (Phi) is 4.16. The molecule has 0 aliphatic heterocycles. The van der Waals surface area contributed by atoms with Crippen LogP contribution in [0.4, 0.5) is 0 Å². The molecule has 0 spiro atoms. The quantitative estimate of drug-likeness (QED) is 0.526. The lowest BCUT2D eigenvalue weighted by Crippen LogP contribution is -2.28. The van der Waals surface area contributed by atoms with Crippen LogP contribution in [0.1, 0.15) is 28.5 Å². The van der Waals surface area contributed by atoms with E-state index in [1.54, 1.807) is 15.4 Å². The van der Waals surface area contributed by atoms with Gasteiger partial charge in [-0.1, -0.05) is 41.6 Å². The van der Waals surface area contributed by atoms with Gasteiger partial charge < -0.3 is 4.57 Å². The number of para-hydroxylation sites is 2. The van der Waals surface area contributed by atoms with Crippen LogP contribution < -0.4 is 5.56 Å². The molecule has 2 heterocycles. The monoisotopic (exact) mass is 358 g/mol. The summed E-state index contributed by atoms with van der Waals surface area (Å²) >= 11 is 0. The summed E-state index contributed by atoms with van der Waals surface area (Å²) < 4.78 is 3.26. The number of aromatic nitrogens is 4. The summed E-state index contributed by atoms with van der Waals surface area (Å²) in [5.41, 5.74) is 2.95. The lowest BCUT2D eigenvalue weighted by Gasteiger charge is -2.13. The zero-order valence-corrected chi connectivity index (χ0v) is 15.1. The molecule has 0 amide bonds. The second-order valence-corrected chi connectivity index (χ2v) is 6.45. The highest BCUT2D eigenvalue weighted by Gasteiger charge is 2.18. The molecule has 0 saturated carbocycles. The van der Waals surface area contributed by atoms with Crippen LogP contribution in [0.3, 0.4) is 0 Å². The molecule has 0 fully saturated rings. The van der Waals surface area contributed by atoms with E-state index < -0.39 is 0 Å². The molecule has 2 aromatic carbocycles. The van der Waals surface area contributed by atoms with E-state index in [2.05, 4.69) is 10.3 Å². The molecule has 4 rings (SSSR count). The fourth-order valence-electron chi connectivity index (χ4n) is 3.38. The molecule has 0 N–H and O–H groups in total. The third-order valence-corrected chi connectivity index (χ3v) is 4.67. The van der Waals surface area contributed by atoms with Crippen molar-refractivity contribution in [1.82, 2.24) is 19.6 Å². The largest absolute Gasteiger partial charge is 0.301 e. The molecule has 0 bridgehead atoms. The molecule has 6 nitrogen and oxygen atoms in total. The smallest absolute Gasteiger partial charge is 0.262 e. The van der Waals surface area contributed by atoms with Gasteiger partial charge in [0.1, 0.15) is 5.69 Å². The van der Waals surface area contributed by atoms with Crippen molar-refractivity contribution in [2.75, 3.05) is 0 Å². The number of nitrogens with zero attached hydrogens (tertiary/aromatic N) is 4. The van der Waals surface area contributed by atoms with Gasteiger partial charge in [0.2, 0.25) is 0 Å². The number of fused-ring (bicyclic) bond motifs is 1. The number of carbonyl (C=O) groups is 1. The number of rotatable bonds is 4. The number of Topliss-reactive ketones (excluding diaryl/α,β-unsaturated/α-hetero) is 1. The average molecular weight is 358 g/mol. The minimum Gasteiger partial charge on any atom is -0.301 e. The Morgan fingerprint density at radius 2 is 1.74 bits per heavy atom. The third kappa shape index (κ3) is 2.95. The third-order valence-electron chi connectivity index (χ3n) is 4.67. The number of benzene rings is 2. The van der Waals surface area contributed by atoms with Crippen molar-refractivity contribution in [2.45, 2.75) is 20.4 Å². The Balaban J connectivity index is 1.84. The van der Waals surface area contributed by atoms with Crippen LogP contribution in [-0.4, -0.2) is 25.3 Å². The highest BCUT2D eigenvalue weighted by molar-refractivity contribution is 6.00. The van der Waals surface area contributed by atoms with Crippen LogP contribution in [0.2, 0.25) is 0 Å². The van der Waals surface area contributed by atoms with Crippen molar-refractivity contribution in [1.29, 1.82) is 0 Å². The van der Waals surface area contributed by atoms with Gasteiger partial charge in [-0.3, -0.25) is 9.59 Å². The molecular formula is C21H18N4O2. The minimum atomic E-state index is -0.298. The van der Waals surface area contributed by atoms with Gasteiger partial charge in [-0.25, -0.2) is 4.68 Å². The normalized spacial score (nSPS) is 11.0. The van der Waals surface area contributed by atoms with Crippen molar-refractivity contribution < 1.29 is 4.79 Å². The van der Waals surface area contributed by atoms with E-state index in [9.17, 15) is 9.59 Å². The van der Waals surface area contributed by atoms with E-state index in [1.807, 2.05) is 61.5 Å². The SMILES string of the molecule is CC(=O)c1c(C)c2ccccc2n(Cc2cn(-c3ccccc3)nn2)c1=O. The number of hydrogen-bond acceptors (Lipinski definition) is 4. The molecule has 0 atom stereocenters. The van der Waals surface area contributed by atoms with E-state index in [0.29, 0.717) is 11.3 Å². The lowest BCUT2D eigenvalue weighted by molar-refractivity contribution is 0.101. The second kappa shape index (κ2) is 6.64. The van der Waals surface area contributed by atoms with Crippen LogP contribution in [-0.2, 0) is 6.54 Å². The van der Waals surface area contributed by atoms with Gasteiger partial charge in [0.05, 0.1) is 29.5 Å². The first-order chi connectivity index (χ1) is 13.1. The van der Waals surface area contributed by atoms with Crippen LogP contribution >= 0.6 is 0 Å². The van der Waals surface area contributed by atoms with Crippen LogP contribution in [0, 0.1) is 6.92 Å². The summed E-state index contributed by atoms with van der Waals surface area (Å²) in [5.74, 6) is -0.232. The van der Waals surface area contributed by atoms with Crippen molar-refractivity contribution in [3.63, 3.8) is 0 Å². The summed E-state index contributed by atoms with van der Waals surface area (Å²) in [6.07, 6.45) is 1.80. The van der Waals surface area contributed by atoms with Gasteiger partial charge in [-0.15, -0.1) is 5.10 Å². The molecule has 0 radical (unpaired) electrons. The maximum Gasteiger partial charge on any atom is 0.262 e. The number of ketones is 1. The van der Waals surface area contributed by atoms with Gasteiger partial charge in [0.25, 0.3) is 5.56 Å². The topological polar surface area (TPSA) is 69.8 Å². The summed E-state index contributed by atoms with van der Waals surface area (Å²) in [6.45, 7) is 3.48. The summed E-state index contributed by atoms with van der Waals surface area (Å²) in [5, 5.41) is 9.24. The van der Waals surface area contributed by atoms with E-state index in [0.717, 1.165) is 16.6 Å². The van der Waals surface area contributed by atoms with Crippen LogP contribution in [0.15, 0.2) is 65.6 Å². The average Bonchev–Trinajstić information content (AvgIpc) is 3.14. The molecule has 0 unspecified atom stereocenters.